The molecule has 6 atom stereocenters. The molecule has 3 fully saturated rings. The number of fused-ring (bicyclic) bond motifs is 5. The Balaban J connectivity index is 1.50. The van der Waals surface area contributed by atoms with Gasteiger partial charge in [-0.1, -0.05) is 12.5 Å². The molecular weight excluding hydrogens is 262 g/mol. The van der Waals surface area contributed by atoms with E-state index in [1.54, 1.807) is 18.2 Å². The lowest BCUT2D eigenvalue weighted by Gasteiger charge is -2.34. The van der Waals surface area contributed by atoms with E-state index in [4.69, 9.17) is 0 Å². The second kappa shape index (κ2) is 4.91. The highest BCUT2D eigenvalue weighted by molar-refractivity contribution is 5.45. The molecule has 0 aromatic heterocycles. The van der Waals surface area contributed by atoms with Crippen LogP contribution in [0.2, 0.25) is 0 Å². The molecule has 3 aliphatic carbocycles. The molecule has 1 aromatic rings. The first-order valence-corrected chi connectivity index (χ1v) is 8.42. The highest BCUT2D eigenvalue weighted by atomic mass is 16.3. The van der Waals surface area contributed by atoms with Crippen molar-refractivity contribution in [3.63, 3.8) is 0 Å². The Morgan fingerprint density at radius 3 is 2.52 bits per heavy atom. The quantitative estimate of drug-likeness (QED) is 0.796. The molecule has 1 aromatic carbocycles. The maximum absolute atomic E-state index is 10.0. The number of benzene rings is 1. The molecule has 3 aliphatic rings. The molecule has 0 aliphatic heterocycles. The van der Waals surface area contributed by atoms with Crippen LogP contribution in [0.25, 0.3) is 0 Å². The molecule has 0 radical (unpaired) electrons. The Morgan fingerprint density at radius 1 is 1.05 bits per heavy atom. The van der Waals surface area contributed by atoms with Crippen molar-refractivity contribution >= 4 is 0 Å². The van der Waals surface area contributed by atoms with Crippen molar-refractivity contribution in [2.24, 2.45) is 23.7 Å². The molecule has 6 unspecified atom stereocenters. The minimum atomic E-state index is -0.00426. The van der Waals surface area contributed by atoms with Crippen LogP contribution in [0, 0.1) is 23.7 Å². The molecule has 21 heavy (non-hydrogen) atoms. The van der Waals surface area contributed by atoms with Crippen molar-refractivity contribution in [2.75, 3.05) is 0 Å². The average Bonchev–Trinajstić information content (AvgIpc) is 3.09. The van der Waals surface area contributed by atoms with E-state index in [1.807, 2.05) is 6.92 Å². The Morgan fingerprint density at radius 2 is 1.76 bits per heavy atom. The summed E-state index contributed by atoms with van der Waals surface area (Å²) in [4.78, 5) is 0. The van der Waals surface area contributed by atoms with Gasteiger partial charge in [0.2, 0.25) is 0 Å². The van der Waals surface area contributed by atoms with Gasteiger partial charge in [0.1, 0.15) is 11.5 Å². The van der Waals surface area contributed by atoms with Crippen LogP contribution in [0.1, 0.15) is 50.6 Å². The predicted octanol–water partition coefficient (Wildman–Crippen LogP) is 3.57. The first-order valence-electron chi connectivity index (χ1n) is 8.42. The zero-order chi connectivity index (χ0) is 14.6. The fraction of sp³-hybridized carbons (Fsp3) is 0.667. The second-order valence-corrected chi connectivity index (χ2v) is 7.36. The fourth-order valence-electron chi connectivity index (χ4n) is 5.65. The molecule has 114 valence electrons. The lowest BCUT2D eigenvalue weighted by molar-refractivity contribution is 0.199. The van der Waals surface area contributed by atoms with Gasteiger partial charge >= 0.3 is 0 Å². The maximum Gasteiger partial charge on any atom is 0.124 e. The zero-order valence-electron chi connectivity index (χ0n) is 12.6. The Kier molecular flexibility index (Phi) is 3.14. The molecule has 4 rings (SSSR count). The van der Waals surface area contributed by atoms with Gasteiger partial charge in [0.25, 0.3) is 0 Å². The summed E-state index contributed by atoms with van der Waals surface area (Å²) < 4.78 is 0. The van der Waals surface area contributed by atoms with Crippen molar-refractivity contribution in [3.05, 3.63) is 23.8 Å². The largest absolute Gasteiger partial charge is 0.507 e. The topological polar surface area (TPSA) is 52.5 Å². The van der Waals surface area contributed by atoms with Crippen molar-refractivity contribution in [3.8, 4) is 11.5 Å². The van der Waals surface area contributed by atoms with Crippen LogP contribution in [0.3, 0.4) is 0 Å². The summed E-state index contributed by atoms with van der Waals surface area (Å²) >= 11 is 0. The van der Waals surface area contributed by atoms with Crippen LogP contribution < -0.4 is 5.32 Å². The molecule has 0 spiro atoms. The van der Waals surface area contributed by atoms with Crippen LogP contribution in [-0.2, 0) is 0 Å². The molecule has 3 heteroatoms. The number of phenolic OH excluding ortho intramolecular Hbond substituents is 2. The second-order valence-electron chi connectivity index (χ2n) is 7.36. The van der Waals surface area contributed by atoms with Crippen LogP contribution >= 0.6 is 0 Å². The third kappa shape index (κ3) is 2.05. The first-order chi connectivity index (χ1) is 10.1. The van der Waals surface area contributed by atoms with Crippen LogP contribution in [0.15, 0.2) is 18.2 Å². The number of rotatable bonds is 3. The lowest BCUT2D eigenvalue weighted by atomic mass is 9.79. The minimum Gasteiger partial charge on any atom is -0.507 e. The first kappa shape index (κ1) is 13.4. The molecule has 3 nitrogen and oxygen atoms in total. The van der Waals surface area contributed by atoms with Gasteiger partial charge in [-0.2, -0.15) is 0 Å². The van der Waals surface area contributed by atoms with Gasteiger partial charge in [-0.05, 0) is 68.4 Å². The molecule has 0 saturated heterocycles. The minimum absolute atomic E-state index is 0.00426. The Labute approximate surface area is 126 Å². The monoisotopic (exact) mass is 287 g/mol. The van der Waals surface area contributed by atoms with Crippen LogP contribution in [0.5, 0.6) is 11.5 Å². The lowest BCUT2D eigenvalue weighted by Crippen LogP contribution is -2.40. The number of phenols is 2. The molecular formula is C18H25NO2. The van der Waals surface area contributed by atoms with Crippen molar-refractivity contribution in [2.45, 2.75) is 51.1 Å². The highest BCUT2D eigenvalue weighted by Crippen LogP contribution is 2.59. The van der Waals surface area contributed by atoms with Gasteiger partial charge in [0.05, 0.1) is 5.56 Å². The van der Waals surface area contributed by atoms with Gasteiger partial charge in [-0.15, -0.1) is 0 Å². The van der Waals surface area contributed by atoms with E-state index < -0.39 is 0 Å². The van der Waals surface area contributed by atoms with Crippen molar-refractivity contribution in [1.82, 2.24) is 5.32 Å². The van der Waals surface area contributed by atoms with E-state index in [0.29, 0.717) is 11.6 Å². The van der Waals surface area contributed by atoms with E-state index in [2.05, 4.69) is 5.32 Å². The summed E-state index contributed by atoms with van der Waals surface area (Å²) in [5.41, 5.74) is 0.642. The van der Waals surface area contributed by atoms with E-state index >= 15 is 0 Å². The normalized spacial score (nSPS) is 38.6. The maximum atomic E-state index is 10.0. The highest BCUT2D eigenvalue weighted by Gasteiger charge is 2.53. The molecule has 2 bridgehead atoms. The average molecular weight is 287 g/mol. The van der Waals surface area contributed by atoms with Gasteiger partial charge < -0.3 is 15.5 Å². The third-order valence-corrected chi connectivity index (χ3v) is 6.39. The summed E-state index contributed by atoms with van der Waals surface area (Å²) in [6.45, 7) is 2.05. The summed E-state index contributed by atoms with van der Waals surface area (Å²) in [7, 11) is 0. The number of hydrogen-bond donors (Lipinski definition) is 3. The van der Waals surface area contributed by atoms with Gasteiger partial charge in [0, 0.05) is 12.1 Å². The van der Waals surface area contributed by atoms with Crippen molar-refractivity contribution < 1.29 is 10.2 Å². The molecule has 3 N–H and O–H groups in total. The fourth-order valence-corrected chi connectivity index (χ4v) is 5.65. The standard InChI is InChI=1S/C18H25NO2/c1-10(18-16(20)6-3-7-17(18)21)19-15-9-11-8-14(15)13-5-2-4-12(11)13/h3,6-7,10-15,19-21H,2,4-5,8-9H2,1H3. The summed E-state index contributed by atoms with van der Waals surface area (Å²) in [6, 6.07) is 5.54. The van der Waals surface area contributed by atoms with E-state index in [1.165, 1.54) is 32.1 Å². The van der Waals surface area contributed by atoms with E-state index in [0.717, 1.165) is 23.7 Å². The van der Waals surface area contributed by atoms with Gasteiger partial charge in [-0.25, -0.2) is 0 Å². The van der Waals surface area contributed by atoms with E-state index in [9.17, 15) is 10.2 Å². The summed E-state index contributed by atoms with van der Waals surface area (Å²) in [6.07, 6.45) is 6.97. The summed E-state index contributed by atoms with van der Waals surface area (Å²) in [5, 5.41) is 23.7. The van der Waals surface area contributed by atoms with E-state index in [-0.39, 0.29) is 17.5 Å². The smallest absolute Gasteiger partial charge is 0.124 e. The van der Waals surface area contributed by atoms with Crippen LogP contribution in [0.4, 0.5) is 0 Å². The summed E-state index contributed by atoms with van der Waals surface area (Å²) in [5.74, 6) is 4.06. The van der Waals surface area contributed by atoms with Crippen LogP contribution in [-0.4, -0.2) is 16.3 Å². The number of aromatic hydroxyl groups is 2. The SMILES string of the molecule is CC(NC1CC2CC1C1CCCC21)c1c(O)cccc1O. The molecule has 3 saturated carbocycles. The third-order valence-electron chi connectivity index (χ3n) is 6.39. The number of hydrogen-bond acceptors (Lipinski definition) is 3. The van der Waals surface area contributed by atoms with Gasteiger partial charge in [-0.3, -0.25) is 0 Å². The predicted molar refractivity (Wildman–Crippen MR) is 82.2 cm³/mol. The van der Waals surface area contributed by atoms with Gasteiger partial charge in [0.15, 0.2) is 0 Å². The Bertz CT molecular complexity index is 524. The molecule has 0 heterocycles. The van der Waals surface area contributed by atoms with Crippen molar-refractivity contribution in [1.29, 1.82) is 0 Å². The molecule has 0 amide bonds. The Hall–Kier alpha value is -1.22. The number of nitrogens with one attached hydrogen (secondary N) is 1. The zero-order valence-corrected chi connectivity index (χ0v) is 12.6.